The van der Waals surface area contributed by atoms with Crippen LogP contribution in [0.2, 0.25) is 0 Å². The Morgan fingerprint density at radius 3 is 2.67 bits per heavy atom. The molecule has 1 rings (SSSR count). The minimum absolute atomic E-state index is 0.153. The minimum atomic E-state index is -0.184. The van der Waals surface area contributed by atoms with E-state index in [1.54, 1.807) is 0 Å². The highest BCUT2D eigenvalue weighted by atomic mass is 16.5. The monoisotopic (exact) mass is 204 g/mol. The largest absolute Gasteiger partial charge is 0.469 e. The maximum Gasteiger partial charge on any atom is 0.306 e. The van der Waals surface area contributed by atoms with E-state index in [-0.39, 0.29) is 11.9 Å². The van der Waals surface area contributed by atoms with E-state index in [1.807, 2.05) is 36.4 Å². The topological polar surface area (TPSA) is 26.3 Å². The Bertz CT molecular complexity index is 317. The minimum Gasteiger partial charge on any atom is -0.469 e. The van der Waals surface area contributed by atoms with Crippen molar-refractivity contribution in [3.63, 3.8) is 0 Å². The van der Waals surface area contributed by atoms with Crippen LogP contribution in [0.1, 0.15) is 12.0 Å². The van der Waals surface area contributed by atoms with E-state index in [4.69, 9.17) is 0 Å². The van der Waals surface area contributed by atoms with Gasteiger partial charge in [0.1, 0.15) is 0 Å². The van der Waals surface area contributed by atoms with Gasteiger partial charge in [-0.3, -0.25) is 4.79 Å². The summed E-state index contributed by atoms with van der Waals surface area (Å²) >= 11 is 0. The van der Waals surface area contributed by atoms with Crippen LogP contribution in [0.15, 0.2) is 43.0 Å². The van der Waals surface area contributed by atoms with E-state index in [0.29, 0.717) is 6.42 Å². The summed E-state index contributed by atoms with van der Waals surface area (Å²) in [7, 11) is 1.41. The Kier molecular flexibility index (Phi) is 4.61. The number of carbonyl (C=O) groups excluding carboxylic acids is 1. The van der Waals surface area contributed by atoms with Gasteiger partial charge in [-0.1, -0.05) is 36.4 Å². The van der Waals surface area contributed by atoms with Crippen LogP contribution in [0.3, 0.4) is 0 Å². The number of methoxy groups -OCH3 is 1. The molecule has 0 fully saturated rings. The zero-order chi connectivity index (χ0) is 11.1. The summed E-state index contributed by atoms with van der Waals surface area (Å²) in [5, 5.41) is 0. The Hall–Kier alpha value is -1.57. The number of hydrogen-bond acceptors (Lipinski definition) is 2. The van der Waals surface area contributed by atoms with E-state index < -0.39 is 0 Å². The normalized spacial score (nSPS) is 11.8. The fourth-order valence-corrected chi connectivity index (χ4v) is 1.45. The Morgan fingerprint density at radius 2 is 2.13 bits per heavy atom. The Labute approximate surface area is 90.6 Å². The molecule has 0 aromatic heterocycles. The molecular formula is C13H16O2. The first-order valence-corrected chi connectivity index (χ1v) is 4.99. The van der Waals surface area contributed by atoms with Crippen molar-refractivity contribution in [2.45, 2.75) is 12.8 Å². The molecule has 1 aromatic carbocycles. The summed E-state index contributed by atoms with van der Waals surface area (Å²) in [6.07, 6.45) is 3.04. The van der Waals surface area contributed by atoms with Crippen LogP contribution in [-0.2, 0) is 16.0 Å². The lowest BCUT2D eigenvalue weighted by molar-refractivity contribution is -0.141. The number of allylic oxidation sites excluding steroid dienone is 1. The van der Waals surface area contributed by atoms with Gasteiger partial charge < -0.3 is 4.74 Å². The van der Waals surface area contributed by atoms with Crippen molar-refractivity contribution in [2.24, 2.45) is 5.92 Å². The van der Waals surface area contributed by atoms with Gasteiger partial charge in [0.25, 0.3) is 0 Å². The molecule has 0 spiro atoms. The SMILES string of the molecule is C=CC(CC(=O)OC)Cc1ccccc1. The van der Waals surface area contributed by atoms with Gasteiger partial charge in [-0.25, -0.2) is 0 Å². The molecular weight excluding hydrogens is 188 g/mol. The Morgan fingerprint density at radius 1 is 1.47 bits per heavy atom. The number of ether oxygens (including phenoxy) is 1. The predicted octanol–water partition coefficient (Wildman–Crippen LogP) is 2.59. The summed E-state index contributed by atoms with van der Waals surface area (Å²) in [6.45, 7) is 3.74. The third kappa shape index (κ3) is 3.98. The molecule has 80 valence electrons. The highest BCUT2D eigenvalue weighted by Crippen LogP contribution is 2.13. The molecule has 0 heterocycles. The van der Waals surface area contributed by atoms with Gasteiger partial charge in [-0.2, -0.15) is 0 Å². The van der Waals surface area contributed by atoms with Crippen molar-refractivity contribution in [3.8, 4) is 0 Å². The molecule has 0 aliphatic rings. The number of rotatable bonds is 5. The summed E-state index contributed by atoms with van der Waals surface area (Å²) in [4.78, 5) is 11.1. The first-order valence-electron chi connectivity index (χ1n) is 4.99. The Balaban J connectivity index is 2.54. The molecule has 1 atom stereocenters. The molecule has 1 aromatic rings. The van der Waals surface area contributed by atoms with Crippen molar-refractivity contribution < 1.29 is 9.53 Å². The molecule has 0 amide bonds. The average Bonchev–Trinajstić information content (AvgIpc) is 2.29. The van der Waals surface area contributed by atoms with Crippen LogP contribution in [0.25, 0.3) is 0 Å². The lowest BCUT2D eigenvalue weighted by Gasteiger charge is -2.10. The van der Waals surface area contributed by atoms with Gasteiger partial charge >= 0.3 is 5.97 Å². The van der Waals surface area contributed by atoms with Crippen LogP contribution >= 0.6 is 0 Å². The van der Waals surface area contributed by atoms with E-state index >= 15 is 0 Å². The van der Waals surface area contributed by atoms with E-state index in [0.717, 1.165) is 6.42 Å². The van der Waals surface area contributed by atoms with Crippen molar-refractivity contribution in [1.82, 2.24) is 0 Å². The van der Waals surface area contributed by atoms with Crippen LogP contribution in [-0.4, -0.2) is 13.1 Å². The number of carbonyl (C=O) groups is 1. The number of esters is 1. The first kappa shape index (κ1) is 11.5. The average molecular weight is 204 g/mol. The molecule has 15 heavy (non-hydrogen) atoms. The van der Waals surface area contributed by atoms with Crippen LogP contribution in [0, 0.1) is 5.92 Å². The smallest absolute Gasteiger partial charge is 0.306 e. The van der Waals surface area contributed by atoms with Crippen LogP contribution in [0.5, 0.6) is 0 Å². The van der Waals surface area contributed by atoms with Crippen molar-refractivity contribution in [3.05, 3.63) is 48.6 Å². The van der Waals surface area contributed by atoms with E-state index in [9.17, 15) is 4.79 Å². The summed E-state index contributed by atoms with van der Waals surface area (Å²) < 4.78 is 4.63. The van der Waals surface area contributed by atoms with Gasteiger partial charge in [0.2, 0.25) is 0 Å². The van der Waals surface area contributed by atoms with E-state index in [2.05, 4.69) is 11.3 Å². The summed E-state index contributed by atoms with van der Waals surface area (Å²) in [6, 6.07) is 10.1. The van der Waals surface area contributed by atoms with Gasteiger partial charge in [-0.15, -0.1) is 6.58 Å². The molecule has 0 aliphatic carbocycles. The highest BCUT2D eigenvalue weighted by Gasteiger charge is 2.11. The third-order valence-electron chi connectivity index (χ3n) is 2.33. The molecule has 2 heteroatoms. The summed E-state index contributed by atoms with van der Waals surface area (Å²) in [5.74, 6) is -0.0318. The molecule has 0 N–H and O–H groups in total. The maximum absolute atomic E-state index is 11.1. The fourth-order valence-electron chi connectivity index (χ4n) is 1.45. The van der Waals surface area contributed by atoms with Crippen molar-refractivity contribution in [1.29, 1.82) is 0 Å². The van der Waals surface area contributed by atoms with Gasteiger partial charge in [0.05, 0.1) is 13.5 Å². The lowest BCUT2D eigenvalue weighted by Crippen LogP contribution is -2.10. The van der Waals surface area contributed by atoms with Crippen LogP contribution < -0.4 is 0 Å². The predicted molar refractivity (Wildman–Crippen MR) is 60.5 cm³/mol. The van der Waals surface area contributed by atoms with Crippen molar-refractivity contribution in [2.75, 3.05) is 7.11 Å². The molecule has 2 nitrogen and oxygen atoms in total. The molecule has 0 aliphatic heterocycles. The second-order valence-corrected chi connectivity index (χ2v) is 3.47. The first-order chi connectivity index (χ1) is 7.26. The lowest BCUT2D eigenvalue weighted by atomic mass is 9.96. The van der Waals surface area contributed by atoms with Gasteiger partial charge in [0, 0.05) is 0 Å². The highest BCUT2D eigenvalue weighted by molar-refractivity contribution is 5.69. The fraction of sp³-hybridized carbons (Fsp3) is 0.308. The quantitative estimate of drug-likeness (QED) is 0.544. The molecule has 0 saturated heterocycles. The molecule has 0 saturated carbocycles. The zero-order valence-electron chi connectivity index (χ0n) is 8.98. The maximum atomic E-state index is 11.1. The second kappa shape index (κ2) is 6.02. The van der Waals surface area contributed by atoms with E-state index in [1.165, 1.54) is 12.7 Å². The zero-order valence-corrected chi connectivity index (χ0v) is 8.98. The second-order valence-electron chi connectivity index (χ2n) is 3.47. The molecule has 0 bridgehead atoms. The standard InChI is InChI=1S/C13H16O2/c1-3-11(10-13(14)15-2)9-12-7-5-4-6-8-12/h3-8,11H,1,9-10H2,2H3. The van der Waals surface area contributed by atoms with Gasteiger partial charge in [-0.05, 0) is 17.9 Å². The molecule has 0 radical (unpaired) electrons. The van der Waals surface area contributed by atoms with Crippen molar-refractivity contribution >= 4 is 5.97 Å². The number of benzene rings is 1. The number of hydrogen-bond donors (Lipinski definition) is 0. The van der Waals surface area contributed by atoms with Gasteiger partial charge in [0.15, 0.2) is 0 Å². The van der Waals surface area contributed by atoms with Crippen LogP contribution in [0.4, 0.5) is 0 Å². The third-order valence-corrected chi connectivity index (χ3v) is 2.33. The molecule has 1 unspecified atom stereocenters. The summed E-state index contributed by atoms with van der Waals surface area (Å²) in [5.41, 5.74) is 1.21.